The second-order valence-corrected chi connectivity index (χ2v) is 11.9. The molecule has 240 valence electrons. The molecule has 0 bridgehead atoms. The number of fused-ring (bicyclic) bond motifs is 1. The zero-order chi connectivity index (χ0) is 31.9. The Balaban J connectivity index is 1.41. The molecule has 2 atom stereocenters. The van der Waals surface area contributed by atoms with Gasteiger partial charge in [-0.25, -0.2) is 4.98 Å². The van der Waals surface area contributed by atoms with E-state index < -0.39 is 6.04 Å². The Hall–Kier alpha value is -4.01. The molecular formula is C37H50N6O2. The average molecular weight is 611 g/mol. The molecule has 0 aliphatic rings. The van der Waals surface area contributed by atoms with Crippen LogP contribution in [-0.4, -0.2) is 52.4 Å². The Morgan fingerprint density at radius 1 is 0.844 bits per heavy atom. The number of aromatic nitrogens is 2. The highest BCUT2D eigenvalue weighted by molar-refractivity contribution is 5.97. The molecule has 45 heavy (non-hydrogen) atoms. The van der Waals surface area contributed by atoms with Gasteiger partial charge < -0.3 is 25.8 Å². The number of hydrogen-bond acceptors (Lipinski definition) is 5. The van der Waals surface area contributed by atoms with E-state index in [0.29, 0.717) is 25.1 Å². The molecule has 0 spiro atoms. The number of carbonyl (C=O) groups is 2. The van der Waals surface area contributed by atoms with Crippen molar-refractivity contribution in [1.29, 1.82) is 0 Å². The molecule has 0 radical (unpaired) electrons. The quantitative estimate of drug-likeness (QED) is 0.0970. The van der Waals surface area contributed by atoms with Crippen LogP contribution < -0.4 is 16.0 Å². The van der Waals surface area contributed by atoms with Gasteiger partial charge in [0.1, 0.15) is 11.9 Å². The van der Waals surface area contributed by atoms with Gasteiger partial charge in [-0.15, -0.1) is 0 Å². The Morgan fingerprint density at radius 3 is 2.27 bits per heavy atom. The van der Waals surface area contributed by atoms with Crippen LogP contribution >= 0.6 is 0 Å². The van der Waals surface area contributed by atoms with E-state index in [0.717, 1.165) is 66.6 Å². The third kappa shape index (κ3) is 10.5. The van der Waals surface area contributed by atoms with E-state index in [2.05, 4.69) is 68.9 Å². The number of hydrogen-bond donors (Lipinski definition) is 4. The molecule has 0 fully saturated rings. The fourth-order valence-corrected chi connectivity index (χ4v) is 5.64. The van der Waals surface area contributed by atoms with Crippen LogP contribution in [0.25, 0.3) is 10.8 Å². The second kappa shape index (κ2) is 18.1. The largest absolute Gasteiger partial charge is 0.348 e. The fourth-order valence-electron chi connectivity index (χ4n) is 5.64. The van der Waals surface area contributed by atoms with Crippen LogP contribution in [0.4, 0.5) is 0 Å². The lowest BCUT2D eigenvalue weighted by molar-refractivity contribution is -0.123. The highest BCUT2D eigenvalue weighted by Gasteiger charge is 2.24. The maximum Gasteiger partial charge on any atom is 0.251 e. The molecule has 0 saturated heterocycles. The van der Waals surface area contributed by atoms with Crippen LogP contribution in [0.2, 0.25) is 0 Å². The van der Waals surface area contributed by atoms with Gasteiger partial charge in [0.05, 0.1) is 12.6 Å². The molecule has 4 rings (SSSR count). The summed E-state index contributed by atoms with van der Waals surface area (Å²) in [6, 6.07) is 21.1. The van der Waals surface area contributed by atoms with E-state index >= 15 is 0 Å². The lowest BCUT2D eigenvalue weighted by Gasteiger charge is -2.25. The minimum absolute atomic E-state index is 0.156. The predicted molar refractivity (Wildman–Crippen MR) is 183 cm³/mol. The summed E-state index contributed by atoms with van der Waals surface area (Å²) in [5, 5.41) is 11.9. The van der Waals surface area contributed by atoms with Crippen molar-refractivity contribution < 1.29 is 9.59 Å². The van der Waals surface area contributed by atoms with Crippen molar-refractivity contribution in [3.05, 3.63) is 102 Å². The summed E-state index contributed by atoms with van der Waals surface area (Å²) < 4.78 is 0. The zero-order valence-corrected chi connectivity index (χ0v) is 27.1. The maximum absolute atomic E-state index is 13.8. The summed E-state index contributed by atoms with van der Waals surface area (Å²) in [6.07, 6.45) is 9.60. The molecule has 0 aliphatic carbocycles. The standard InChI is InChI=1S/C37H50N6O2/c1-4-6-23-43(24-7-5-2)25-11-16-34(37(45)41-28(3)32-15-10-13-30-12-8-9-14-33(30)32)42-36(44)31-19-17-29(18-20-31)26-38-27-35-39-21-22-40-35/h8-10,12-15,17-22,28,34,38H,4-7,11,16,23-27H2,1-3H3,(H,39,40)(H,41,45)(H,42,44)/t28?,34-/m0/s1. The molecule has 8 heteroatoms. The van der Waals surface area contributed by atoms with Gasteiger partial charge >= 0.3 is 0 Å². The average Bonchev–Trinajstić information content (AvgIpc) is 3.58. The molecule has 1 heterocycles. The second-order valence-electron chi connectivity index (χ2n) is 11.9. The third-order valence-corrected chi connectivity index (χ3v) is 8.29. The summed E-state index contributed by atoms with van der Waals surface area (Å²) in [4.78, 5) is 37.0. The zero-order valence-electron chi connectivity index (χ0n) is 27.1. The molecule has 4 aromatic rings. The highest BCUT2D eigenvalue weighted by atomic mass is 16.2. The van der Waals surface area contributed by atoms with Gasteiger partial charge in [-0.05, 0) is 86.3 Å². The molecule has 4 N–H and O–H groups in total. The van der Waals surface area contributed by atoms with E-state index in [1.807, 2.05) is 49.4 Å². The van der Waals surface area contributed by atoms with Crippen LogP contribution in [0.3, 0.4) is 0 Å². The van der Waals surface area contributed by atoms with Crippen molar-refractivity contribution in [3.8, 4) is 0 Å². The van der Waals surface area contributed by atoms with E-state index in [1.54, 1.807) is 12.4 Å². The van der Waals surface area contributed by atoms with Gasteiger partial charge in [0.2, 0.25) is 5.91 Å². The van der Waals surface area contributed by atoms with Crippen molar-refractivity contribution in [2.24, 2.45) is 0 Å². The molecule has 0 saturated carbocycles. The maximum atomic E-state index is 13.8. The van der Waals surface area contributed by atoms with Gasteiger partial charge in [-0.3, -0.25) is 9.59 Å². The van der Waals surface area contributed by atoms with E-state index in [-0.39, 0.29) is 17.9 Å². The molecular weight excluding hydrogens is 560 g/mol. The normalized spacial score (nSPS) is 12.7. The van der Waals surface area contributed by atoms with Gasteiger partial charge in [0.15, 0.2) is 0 Å². The van der Waals surface area contributed by atoms with Gasteiger partial charge in [0.25, 0.3) is 5.91 Å². The lowest BCUT2D eigenvalue weighted by Crippen LogP contribution is -2.47. The van der Waals surface area contributed by atoms with Crippen LogP contribution in [-0.2, 0) is 17.9 Å². The molecule has 1 unspecified atom stereocenters. The number of nitrogens with zero attached hydrogens (tertiary/aromatic N) is 2. The number of unbranched alkanes of at least 4 members (excludes halogenated alkanes) is 2. The molecule has 3 aromatic carbocycles. The summed E-state index contributed by atoms with van der Waals surface area (Å²) in [5.74, 6) is 0.483. The Bertz CT molecular complexity index is 1440. The number of H-pyrrole nitrogens is 1. The van der Waals surface area contributed by atoms with Gasteiger partial charge in [-0.2, -0.15) is 0 Å². The number of imidazole rings is 1. The van der Waals surface area contributed by atoms with Gasteiger partial charge in [0, 0.05) is 24.5 Å². The van der Waals surface area contributed by atoms with Gasteiger partial charge in [-0.1, -0.05) is 81.3 Å². The number of rotatable bonds is 19. The summed E-state index contributed by atoms with van der Waals surface area (Å²) >= 11 is 0. The van der Waals surface area contributed by atoms with Crippen molar-refractivity contribution >= 4 is 22.6 Å². The highest BCUT2D eigenvalue weighted by Crippen LogP contribution is 2.24. The predicted octanol–water partition coefficient (Wildman–Crippen LogP) is 6.51. The van der Waals surface area contributed by atoms with Crippen LogP contribution in [0.1, 0.15) is 92.6 Å². The summed E-state index contributed by atoms with van der Waals surface area (Å²) in [5.41, 5.74) is 2.67. The van der Waals surface area contributed by atoms with Crippen LogP contribution in [0, 0.1) is 0 Å². The number of nitrogens with one attached hydrogen (secondary N) is 4. The van der Waals surface area contributed by atoms with Crippen molar-refractivity contribution in [3.63, 3.8) is 0 Å². The topological polar surface area (TPSA) is 102 Å². The first-order valence-corrected chi connectivity index (χ1v) is 16.6. The minimum atomic E-state index is -0.635. The number of amides is 2. The smallest absolute Gasteiger partial charge is 0.251 e. The Morgan fingerprint density at radius 2 is 1.56 bits per heavy atom. The Labute approximate surface area is 268 Å². The third-order valence-electron chi connectivity index (χ3n) is 8.29. The molecule has 2 amide bonds. The van der Waals surface area contributed by atoms with Crippen LogP contribution in [0.15, 0.2) is 79.1 Å². The van der Waals surface area contributed by atoms with Crippen LogP contribution in [0.5, 0.6) is 0 Å². The minimum Gasteiger partial charge on any atom is -0.348 e. The SMILES string of the molecule is CCCCN(CCCC)CCC[C@H](NC(=O)c1ccc(CNCc2ncc[nH]2)cc1)C(=O)NC(C)c1cccc2ccccc12. The number of aromatic amines is 1. The summed E-state index contributed by atoms with van der Waals surface area (Å²) in [6.45, 7) is 10.8. The number of benzene rings is 3. The summed E-state index contributed by atoms with van der Waals surface area (Å²) in [7, 11) is 0. The van der Waals surface area contributed by atoms with E-state index in [1.165, 1.54) is 12.8 Å². The monoisotopic (exact) mass is 610 g/mol. The molecule has 1 aromatic heterocycles. The Kier molecular flexibility index (Phi) is 13.6. The first-order chi connectivity index (χ1) is 22.0. The van der Waals surface area contributed by atoms with E-state index in [4.69, 9.17) is 0 Å². The van der Waals surface area contributed by atoms with E-state index in [9.17, 15) is 9.59 Å². The van der Waals surface area contributed by atoms with Crippen molar-refractivity contribution in [2.45, 2.75) is 84.5 Å². The fraction of sp³-hybridized carbons (Fsp3) is 0.432. The van der Waals surface area contributed by atoms with Crippen molar-refractivity contribution in [1.82, 2.24) is 30.8 Å². The first kappa shape index (κ1) is 33.9. The molecule has 0 aliphatic heterocycles. The first-order valence-electron chi connectivity index (χ1n) is 16.6. The molecule has 8 nitrogen and oxygen atoms in total. The van der Waals surface area contributed by atoms with Crippen molar-refractivity contribution in [2.75, 3.05) is 19.6 Å². The number of carbonyl (C=O) groups excluding carboxylic acids is 2. The lowest BCUT2D eigenvalue weighted by atomic mass is 9.99.